The monoisotopic (exact) mass is 238 g/mol. The summed E-state index contributed by atoms with van der Waals surface area (Å²) in [6.45, 7) is 2.75. The molecule has 0 aliphatic carbocycles. The molecule has 1 amide bonds. The van der Waals surface area contributed by atoms with Gasteiger partial charge in [0.05, 0.1) is 6.07 Å². The normalized spacial score (nSPS) is 10.8. The largest absolute Gasteiger partial charge is 0.351 e. The third-order valence-corrected chi connectivity index (χ3v) is 2.29. The number of nitrogens with one attached hydrogen (secondary N) is 1. The molecule has 0 atom stereocenters. The highest BCUT2D eigenvalue weighted by Gasteiger charge is 2.26. The summed E-state index contributed by atoms with van der Waals surface area (Å²) in [5, 5.41) is 11.1. The van der Waals surface area contributed by atoms with Crippen LogP contribution in [0.5, 0.6) is 0 Å². The van der Waals surface area contributed by atoms with E-state index in [4.69, 9.17) is 5.26 Å². The third-order valence-electron chi connectivity index (χ3n) is 2.29. The molecular weight excluding hydrogens is 226 g/mol. The average Bonchev–Trinajstić information content (AvgIpc) is 2.29. The van der Waals surface area contributed by atoms with Crippen molar-refractivity contribution in [3.05, 3.63) is 35.4 Å². The first-order chi connectivity index (χ1) is 7.86. The highest BCUT2D eigenvalue weighted by atomic mass is 19.1. The van der Waals surface area contributed by atoms with Gasteiger partial charge in [-0.15, -0.1) is 0 Å². The van der Waals surface area contributed by atoms with E-state index in [1.54, 1.807) is 0 Å². The molecule has 0 fully saturated rings. The third kappa shape index (κ3) is 3.25. The fraction of sp³-hybridized carbons (Fsp3) is 0.333. The van der Waals surface area contributed by atoms with Crippen molar-refractivity contribution in [2.75, 3.05) is 0 Å². The van der Waals surface area contributed by atoms with E-state index in [9.17, 15) is 13.6 Å². The number of carbonyl (C=O) groups is 1. The molecule has 1 aromatic rings. The van der Waals surface area contributed by atoms with E-state index in [0.717, 1.165) is 18.2 Å². The second kappa shape index (κ2) is 4.91. The fourth-order valence-corrected chi connectivity index (χ4v) is 1.13. The zero-order valence-corrected chi connectivity index (χ0v) is 9.55. The summed E-state index contributed by atoms with van der Waals surface area (Å²) in [6.07, 6.45) is 0. The summed E-state index contributed by atoms with van der Waals surface area (Å²) in [5.74, 6) is -1.69. The highest BCUT2D eigenvalue weighted by Crippen LogP contribution is 2.14. The summed E-state index contributed by atoms with van der Waals surface area (Å²) < 4.78 is 26.1. The minimum absolute atomic E-state index is 0.0482. The van der Waals surface area contributed by atoms with Crippen molar-refractivity contribution < 1.29 is 13.6 Å². The average molecular weight is 238 g/mol. The molecule has 90 valence electrons. The predicted octanol–water partition coefficient (Wildman–Crippen LogP) is 2.13. The van der Waals surface area contributed by atoms with Gasteiger partial charge in [0, 0.05) is 12.1 Å². The van der Waals surface area contributed by atoms with Crippen molar-refractivity contribution in [2.45, 2.75) is 20.4 Å². The molecule has 3 nitrogen and oxygen atoms in total. The van der Waals surface area contributed by atoms with E-state index >= 15 is 0 Å². The topological polar surface area (TPSA) is 52.9 Å². The molecule has 0 radical (unpaired) electrons. The Morgan fingerprint density at radius 2 is 2.12 bits per heavy atom. The molecular formula is C12H12F2N2O. The van der Waals surface area contributed by atoms with Crippen LogP contribution in [0.3, 0.4) is 0 Å². The van der Waals surface area contributed by atoms with E-state index in [-0.39, 0.29) is 12.1 Å². The molecule has 1 aromatic carbocycles. The molecule has 0 saturated heterocycles. The van der Waals surface area contributed by atoms with Crippen LogP contribution in [-0.2, 0) is 11.3 Å². The zero-order chi connectivity index (χ0) is 13.1. The Morgan fingerprint density at radius 1 is 1.47 bits per heavy atom. The van der Waals surface area contributed by atoms with Crippen LogP contribution < -0.4 is 5.32 Å². The molecule has 0 heterocycles. The SMILES string of the molecule is CC(C)(C#N)C(=O)NCc1cc(F)ccc1F. The van der Waals surface area contributed by atoms with Gasteiger partial charge in [0.15, 0.2) is 0 Å². The van der Waals surface area contributed by atoms with Gasteiger partial charge in [-0.3, -0.25) is 4.79 Å². The molecule has 17 heavy (non-hydrogen) atoms. The van der Waals surface area contributed by atoms with Gasteiger partial charge in [-0.05, 0) is 32.0 Å². The molecule has 0 spiro atoms. The maximum atomic E-state index is 13.2. The molecule has 0 aromatic heterocycles. The van der Waals surface area contributed by atoms with Crippen molar-refractivity contribution in [1.82, 2.24) is 5.32 Å². The van der Waals surface area contributed by atoms with Gasteiger partial charge in [0.25, 0.3) is 0 Å². The van der Waals surface area contributed by atoms with Gasteiger partial charge < -0.3 is 5.32 Å². The second-order valence-corrected chi connectivity index (χ2v) is 4.16. The Kier molecular flexibility index (Phi) is 3.79. The van der Waals surface area contributed by atoms with Crippen LogP contribution in [0.15, 0.2) is 18.2 Å². The van der Waals surface area contributed by atoms with Crippen molar-refractivity contribution >= 4 is 5.91 Å². The van der Waals surface area contributed by atoms with E-state index in [2.05, 4.69) is 5.32 Å². The zero-order valence-electron chi connectivity index (χ0n) is 9.55. The quantitative estimate of drug-likeness (QED) is 0.877. The van der Waals surface area contributed by atoms with Crippen molar-refractivity contribution in [3.63, 3.8) is 0 Å². The van der Waals surface area contributed by atoms with Gasteiger partial charge >= 0.3 is 0 Å². The summed E-state index contributed by atoms with van der Waals surface area (Å²) >= 11 is 0. The molecule has 1 N–H and O–H groups in total. The molecule has 1 rings (SSSR count). The highest BCUT2D eigenvalue weighted by molar-refractivity contribution is 5.84. The Balaban J connectivity index is 2.72. The lowest BCUT2D eigenvalue weighted by atomic mass is 9.95. The number of nitrogens with zero attached hydrogens (tertiary/aromatic N) is 1. The van der Waals surface area contributed by atoms with E-state index < -0.39 is 23.0 Å². The van der Waals surface area contributed by atoms with Crippen LogP contribution in [0.1, 0.15) is 19.4 Å². The summed E-state index contributed by atoms with van der Waals surface area (Å²) in [5.41, 5.74) is -1.14. The van der Waals surface area contributed by atoms with Crippen LogP contribution in [0.2, 0.25) is 0 Å². The van der Waals surface area contributed by atoms with Gasteiger partial charge in [0.2, 0.25) is 5.91 Å². The lowest BCUT2D eigenvalue weighted by Crippen LogP contribution is -2.35. The van der Waals surface area contributed by atoms with Crippen molar-refractivity contribution in [3.8, 4) is 6.07 Å². The van der Waals surface area contributed by atoms with E-state index in [1.807, 2.05) is 6.07 Å². The fourth-order valence-electron chi connectivity index (χ4n) is 1.13. The predicted molar refractivity (Wildman–Crippen MR) is 57.6 cm³/mol. The number of amides is 1. The Morgan fingerprint density at radius 3 is 2.71 bits per heavy atom. The summed E-state index contributed by atoms with van der Waals surface area (Å²) in [6, 6.07) is 4.82. The molecule has 0 saturated carbocycles. The Labute approximate surface area is 98.1 Å². The van der Waals surface area contributed by atoms with Gasteiger partial charge in [-0.2, -0.15) is 5.26 Å². The molecule has 0 bridgehead atoms. The lowest BCUT2D eigenvalue weighted by molar-refractivity contribution is -0.126. The van der Waals surface area contributed by atoms with Gasteiger partial charge in [0.1, 0.15) is 17.0 Å². The number of carbonyl (C=O) groups excluding carboxylic acids is 1. The first-order valence-electron chi connectivity index (χ1n) is 5.00. The Hall–Kier alpha value is -1.96. The van der Waals surface area contributed by atoms with Crippen LogP contribution >= 0.6 is 0 Å². The van der Waals surface area contributed by atoms with Crippen LogP contribution in [0.25, 0.3) is 0 Å². The van der Waals surface area contributed by atoms with Crippen LogP contribution in [0.4, 0.5) is 8.78 Å². The second-order valence-electron chi connectivity index (χ2n) is 4.16. The summed E-state index contributed by atoms with van der Waals surface area (Å²) in [7, 11) is 0. The molecule has 0 aliphatic rings. The number of hydrogen-bond donors (Lipinski definition) is 1. The maximum Gasteiger partial charge on any atom is 0.240 e. The number of nitriles is 1. The Bertz CT molecular complexity index is 478. The lowest BCUT2D eigenvalue weighted by Gasteiger charge is -2.15. The van der Waals surface area contributed by atoms with Gasteiger partial charge in [-0.1, -0.05) is 0 Å². The van der Waals surface area contributed by atoms with Crippen LogP contribution in [-0.4, -0.2) is 5.91 Å². The minimum Gasteiger partial charge on any atom is -0.351 e. The number of hydrogen-bond acceptors (Lipinski definition) is 2. The standard InChI is InChI=1S/C12H12F2N2O/c1-12(2,7-15)11(17)16-6-8-5-9(13)3-4-10(8)14/h3-5H,6H2,1-2H3,(H,16,17). The molecule has 0 unspecified atom stereocenters. The van der Waals surface area contributed by atoms with E-state index in [0.29, 0.717) is 0 Å². The minimum atomic E-state index is -1.19. The molecule has 5 heteroatoms. The first kappa shape index (κ1) is 13.1. The van der Waals surface area contributed by atoms with Crippen molar-refractivity contribution in [1.29, 1.82) is 5.26 Å². The first-order valence-corrected chi connectivity index (χ1v) is 5.00. The number of benzene rings is 1. The maximum absolute atomic E-state index is 13.2. The number of halogens is 2. The van der Waals surface area contributed by atoms with Gasteiger partial charge in [-0.25, -0.2) is 8.78 Å². The van der Waals surface area contributed by atoms with Crippen molar-refractivity contribution in [2.24, 2.45) is 5.41 Å². The molecule has 0 aliphatic heterocycles. The smallest absolute Gasteiger partial charge is 0.240 e. The van der Waals surface area contributed by atoms with Crippen LogP contribution in [0, 0.1) is 28.4 Å². The summed E-state index contributed by atoms with van der Waals surface area (Å²) in [4.78, 5) is 11.5. The van der Waals surface area contributed by atoms with E-state index in [1.165, 1.54) is 13.8 Å². The number of rotatable bonds is 3.